The predicted molar refractivity (Wildman–Crippen MR) is 90.8 cm³/mol. The summed E-state index contributed by atoms with van der Waals surface area (Å²) in [5.41, 5.74) is 2.15. The normalized spacial score (nSPS) is 22.9. The van der Waals surface area contributed by atoms with Crippen molar-refractivity contribution in [1.82, 2.24) is 9.88 Å². The molecule has 24 heavy (non-hydrogen) atoms. The molecule has 4 rings (SSSR count). The maximum Gasteiger partial charge on any atom is 0.249 e. The molecule has 2 aliphatic rings. The summed E-state index contributed by atoms with van der Waals surface area (Å²) < 4.78 is 1.97. The first-order valence-corrected chi connectivity index (χ1v) is 8.50. The Morgan fingerprint density at radius 2 is 1.88 bits per heavy atom. The van der Waals surface area contributed by atoms with Gasteiger partial charge in [0.1, 0.15) is 6.04 Å². The Morgan fingerprint density at radius 3 is 2.62 bits per heavy atom. The summed E-state index contributed by atoms with van der Waals surface area (Å²) in [6.45, 7) is 1.67. The van der Waals surface area contributed by atoms with E-state index < -0.39 is 0 Å². The average Bonchev–Trinajstić information content (AvgIpc) is 3.00. The van der Waals surface area contributed by atoms with Crippen LogP contribution >= 0.6 is 0 Å². The fraction of sp³-hybridized carbons (Fsp3) is 0.444. The van der Waals surface area contributed by atoms with E-state index in [-0.39, 0.29) is 24.0 Å². The molecule has 1 unspecified atom stereocenters. The number of carbonyl (C=O) groups is 2. The van der Waals surface area contributed by atoms with Crippen molar-refractivity contribution < 1.29 is 14.7 Å². The molecule has 2 aliphatic heterocycles. The summed E-state index contributed by atoms with van der Waals surface area (Å²) in [5.74, 6) is -0.421. The second-order valence-corrected chi connectivity index (χ2v) is 6.62. The standard InChI is InChI=1S/C18H21N3O3/c22-12-6-9-20(10-7-12)14-2-1-3-15-13(14)8-11-21(15)16-4-5-17(23)19-18(16)24/h1-3,8,11-12,16,22H,4-7,9-10H2,(H,19,23,24). The number of nitrogens with zero attached hydrogens (tertiary/aromatic N) is 2. The molecule has 2 N–H and O–H groups in total. The number of amides is 2. The van der Waals surface area contributed by atoms with Gasteiger partial charge in [-0.25, -0.2) is 0 Å². The Labute approximate surface area is 140 Å². The molecule has 6 heteroatoms. The van der Waals surface area contributed by atoms with E-state index in [0.29, 0.717) is 12.8 Å². The summed E-state index contributed by atoms with van der Waals surface area (Å²) in [6.07, 6.45) is 4.21. The fourth-order valence-electron chi connectivity index (χ4n) is 3.77. The minimum Gasteiger partial charge on any atom is -0.393 e. The number of nitrogens with one attached hydrogen (secondary N) is 1. The van der Waals surface area contributed by atoms with Crippen molar-refractivity contribution in [2.45, 2.75) is 37.8 Å². The SMILES string of the molecule is O=C1CCC(n2ccc3c(N4CCC(O)CC4)cccc32)C(=O)N1. The molecule has 2 aromatic rings. The molecule has 1 atom stereocenters. The van der Waals surface area contributed by atoms with Gasteiger partial charge in [0.2, 0.25) is 11.8 Å². The van der Waals surface area contributed by atoms with Gasteiger partial charge in [-0.15, -0.1) is 0 Å². The van der Waals surface area contributed by atoms with Gasteiger partial charge >= 0.3 is 0 Å². The van der Waals surface area contributed by atoms with E-state index in [1.54, 1.807) is 0 Å². The molecule has 0 aliphatic carbocycles. The molecule has 0 saturated carbocycles. The van der Waals surface area contributed by atoms with Crippen LogP contribution in [0, 0.1) is 0 Å². The molecule has 0 bridgehead atoms. The summed E-state index contributed by atoms with van der Waals surface area (Å²) in [5, 5.41) is 13.2. The van der Waals surface area contributed by atoms with Gasteiger partial charge in [0.25, 0.3) is 0 Å². The smallest absolute Gasteiger partial charge is 0.249 e. The molecule has 2 amide bonds. The minimum atomic E-state index is -0.335. The number of anilines is 1. The van der Waals surface area contributed by atoms with Gasteiger partial charge in [-0.3, -0.25) is 14.9 Å². The van der Waals surface area contributed by atoms with E-state index in [9.17, 15) is 14.7 Å². The van der Waals surface area contributed by atoms with Gasteiger partial charge in [0.05, 0.1) is 11.6 Å². The van der Waals surface area contributed by atoms with Gasteiger partial charge in [-0.2, -0.15) is 0 Å². The van der Waals surface area contributed by atoms with Crippen molar-refractivity contribution in [3.05, 3.63) is 30.5 Å². The molecule has 3 heterocycles. The third-order valence-electron chi connectivity index (χ3n) is 5.09. The summed E-state index contributed by atoms with van der Waals surface area (Å²) in [7, 11) is 0. The van der Waals surface area contributed by atoms with Crippen molar-refractivity contribution in [2.75, 3.05) is 18.0 Å². The summed E-state index contributed by atoms with van der Waals surface area (Å²) in [4.78, 5) is 25.8. The lowest BCUT2D eigenvalue weighted by Gasteiger charge is -2.32. The van der Waals surface area contributed by atoms with Crippen LogP contribution in [0.5, 0.6) is 0 Å². The molecular formula is C18H21N3O3. The van der Waals surface area contributed by atoms with Crippen LogP contribution in [0.15, 0.2) is 30.5 Å². The molecule has 0 radical (unpaired) electrons. The second kappa shape index (κ2) is 5.94. The first-order chi connectivity index (χ1) is 11.6. The Morgan fingerprint density at radius 1 is 1.08 bits per heavy atom. The molecular weight excluding hydrogens is 306 g/mol. The van der Waals surface area contributed by atoms with E-state index in [0.717, 1.165) is 42.5 Å². The van der Waals surface area contributed by atoms with Crippen LogP contribution in [-0.4, -0.2) is 40.7 Å². The van der Waals surface area contributed by atoms with Crippen molar-refractivity contribution in [3.8, 4) is 0 Å². The summed E-state index contributed by atoms with van der Waals surface area (Å²) >= 11 is 0. The average molecular weight is 327 g/mol. The van der Waals surface area contributed by atoms with E-state index in [4.69, 9.17) is 0 Å². The monoisotopic (exact) mass is 327 g/mol. The number of hydrogen-bond donors (Lipinski definition) is 2. The van der Waals surface area contributed by atoms with E-state index >= 15 is 0 Å². The Hall–Kier alpha value is -2.34. The van der Waals surface area contributed by atoms with Crippen LogP contribution in [0.2, 0.25) is 0 Å². The number of fused-ring (bicyclic) bond motifs is 1. The van der Waals surface area contributed by atoms with Gasteiger partial charge in [-0.1, -0.05) is 6.07 Å². The lowest BCUT2D eigenvalue weighted by molar-refractivity contribution is -0.135. The number of aliphatic hydroxyl groups excluding tert-OH is 1. The second-order valence-electron chi connectivity index (χ2n) is 6.62. The Balaban J connectivity index is 1.69. The van der Waals surface area contributed by atoms with Crippen LogP contribution in [-0.2, 0) is 9.59 Å². The Kier molecular flexibility index (Phi) is 3.76. The highest BCUT2D eigenvalue weighted by molar-refractivity contribution is 6.01. The van der Waals surface area contributed by atoms with Crippen LogP contribution in [0.25, 0.3) is 10.9 Å². The van der Waals surface area contributed by atoms with Gasteiger partial charge in [-0.05, 0) is 37.5 Å². The van der Waals surface area contributed by atoms with Crippen molar-refractivity contribution in [2.24, 2.45) is 0 Å². The minimum absolute atomic E-state index is 0.194. The topological polar surface area (TPSA) is 74.6 Å². The highest BCUT2D eigenvalue weighted by atomic mass is 16.3. The van der Waals surface area contributed by atoms with Crippen LogP contribution in [0.3, 0.4) is 0 Å². The fourth-order valence-corrected chi connectivity index (χ4v) is 3.77. The zero-order chi connectivity index (χ0) is 16.7. The van der Waals surface area contributed by atoms with Crippen LogP contribution < -0.4 is 10.2 Å². The maximum absolute atomic E-state index is 12.2. The van der Waals surface area contributed by atoms with Crippen molar-refractivity contribution in [1.29, 1.82) is 0 Å². The number of hydrogen-bond acceptors (Lipinski definition) is 4. The number of rotatable bonds is 2. The first-order valence-electron chi connectivity index (χ1n) is 8.50. The van der Waals surface area contributed by atoms with Crippen LogP contribution in [0.4, 0.5) is 5.69 Å². The molecule has 126 valence electrons. The first kappa shape index (κ1) is 15.2. The van der Waals surface area contributed by atoms with E-state index in [1.165, 1.54) is 0 Å². The zero-order valence-electron chi connectivity index (χ0n) is 13.4. The predicted octanol–water partition coefficient (Wildman–Crippen LogP) is 1.58. The number of benzene rings is 1. The van der Waals surface area contributed by atoms with Crippen molar-refractivity contribution >= 4 is 28.4 Å². The van der Waals surface area contributed by atoms with E-state index in [2.05, 4.69) is 16.3 Å². The zero-order valence-corrected chi connectivity index (χ0v) is 13.4. The molecule has 1 aromatic heterocycles. The lowest BCUT2D eigenvalue weighted by atomic mass is 10.0. The largest absolute Gasteiger partial charge is 0.393 e. The highest BCUT2D eigenvalue weighted by Gasteiger charge is 2.29. The number of carbonyl (C=O) groups excluding carboxylic acids is 2. The molecule has 0 spiro atoms. The molecule has 1 aromatic carbocycles. The number of piperidine rings is 2. The van der Waals surface area contributed by atoms with Gasteiger partial charge in [0, 0.05) is 36.8 Å². The van der Waals surface area contributed by atoms with Gasteiger partial charge in [0.15, 0.2) is 0 Å². The molecule has 2 saturated heterocycles. The molecule has 6 nitrogen and oxygen atoms in total. The van der Waals surface area contributed by atoms with Gasteiger partial charge < -0.3 is 14.6 Å². The highest BCUT2D eigenvalue weighted by Crippen LogP contribution is 2.32. The quantitative estimate of drug-likeness (QED) is 0.821. The Bertz CT molecular complexity index is 790. The number of aromatic nitrogens is 1. The summed E-state index contributed by atoms with van der Waals surface area (Å²) in [6, 6.07) is 7.82. The lowest BCUT2D eigenvalue weighted by Crippen LogP contribution is -2.41. The van der Waals surface area contributed by atoms with Crippen molar-refractivity contribution in [3.63, 3.8) is 0 Å². The third kappa shape index (κ3) is 2.57. The van der Waals surface area contributed by atoms with E-state index in [1.807, 2.05) is 29.0 Å². The van der Waals surface area contributed by atoms with Crippen LogP contribution in [0.1, 0.15) is 31.7 Å². The third-order valence-corrected chi connectivity index (χ3v) is 5.09. The maximum atomic E-state index is 12.2. The number of aliphatic hydroxyl groups is 1. The number of imide groups is 1. The molecule has 2 fully saturated rings.